The van der Waals surface area contributed by atoms with E-state index in [1.807, 2.05) is 24.1 Å². The van der Waals surface area contributed by atoms with Gasteiger partial charge in [-0.2, -0.15) is 5.10 Å². The molecule has 0 amide bonds. The molecular formula is C23H31N3O2Si. The number of nitrogens with zero attached hydrogens (tertiary/aromatic N) is 3. The standard InChI is InChI=1S/C23H31N3O2Si/c1-16-12-13-21(25-24-16)26-22-19(17-10-8-7-9-11-17)14-18(27-26)15-20(22)28-29(5,6)23(2,3)4/h7-13,15,18-19,22H,14H2,1-6H3. The number of aromatic nitrogens is 2. The lowest BCUT2D eigenvalue weighted by Crippen LogP contribution is -2.55. The van der Waals surface area contributed by atoms with E-state index < -0.39 is 8.32 Å². The first-order valence-electron chi connectivity index (χ1n) is 10.4. The van der Waals surface area contributed by atoms with Gasteiger partial charge >= 0.3 is 0 Å². The van der Waals surface area contributed by atoms with Gasteiger partial charge in [0.2, 0.25) is 8.32 Å². The van der Waals surface area contributed by atoms with Gasteiger partial charge in [-0.3, -0.25) is 4.84 Å². The Morgan fingerprint density at radius 1 is 1.07 bits per heavy atom. The van der Waals surface area contributed by atoms with Gasteiger partial charge in [-0.25, -0.2) is 5.06 Å². The first-order chi connectivity index (χ1) is 13.7. The second-order valence-electron chi connectivity index (χ2n) is 9.63. The first-order valence-corrected chi connectivity index (χ1v) is 13.3. The van der Waals surface area contributed by atoms with Crippen molar-refractivity contribution in [1.82, 2.24) is 10.2 Å². The Morgan fingerprint density at radius 2 is 1.79 bits per heavy atom. The molecule has 154 valence electrons. The van der Waals surface area contributed by atoms with E-state index in [9.17, 15) is 0 Å². The van der Waals surface area contributed by atoms with E-state index in [4.69, 9.17) is 9.26 Å². The highest BCUT2D eigenvalue weighted by atomic mass is 28.4. The Bertz CT molecular complexity index is 891. The molecular weight excluding hydrogens is 378 g/mol. The molecule has 0 radical (unpaired) electrons. The van der Waals surface area contributed by atoms with E-state index in [1.165, 1.54) is 5.56 Å². The topological polar surface area (TPSA) is 47.5 Å². The molecule has 1 fully saturated rings. The van der Waals surface area contributed by atoms with Crippen molar-refractivity contribution in [3.8, 4) is 0 Å². The summed E-state index contributed by atoms with van der Waals surface area (Å²) in [5, 5.41) is 10.7. The average molecular weight is 410 g/mol. The first kappa shape index (κ1) is 20.1. The zero-order chi connectivity index (χ0) is 20.8. The van der Waals surface area contributed by atoms with E-state index in [1.54, 1.807) is 0 Å². The molecule has 1 saturated heterocycles. The van der Waals surface area contributed by atoms with Crippen molar-refractivity contribution in [2.75, 3.05) is 5.06 Å². The summed E-state index contributed by atoms with van der Waals surface area (Å²) in [4.78, 5) is 6.28. The minimum absolute atomic E-state index is 0.0342. The molecule has 2 bridgehead atoms. The van der Waals surface area contributed by atoms with Crippen molar-refractivity contribution in [1.29, 1.82) is 0 Å². The van der Waals surface area contributed by atoms with Crippen LogP contribution in [-0.4, -0.2) is 30.7 Å². The fourth-order valence-corrected chi connectivity index (χ4v) is 4.84. The molecule has 0 saturated carbocycles. The number of anilines is 1. The molecule has 5 nitrogen and oxygen atoms in total. The number of aryl methyl sites for hydroxylation is 1. The molecule has 3 unspecified atom stereocenters. The van der Waals surface area contributed by atoms with Gasteiger partial charge in [-0.05, 0) is 55.2 Å². The second kappa shape index (κ2) is 7.25. The van der Waals surface area contributed by atoms with Gasteiger partial charge in [-0.15, -0.1) is 5.10 Å². The van der Waals surface area contributed by atoms with Gasteiger partial charge in [0.15, 0.2) is 5.82 Å². The van der Waals surface area contributed by atoms with E-state index in [2.05, 4.69) is 80.5 Å². The molecule has 5 rings (SSSR count). The van der Waals surface area contributed by atoms with Crippen molar-refractivity contribution in [2.24, 2.45) is 0 Å². The Labute approximate surface area is 174 Å². The maximum absolute atomic E-state index is 6.83. The van der Waals surface area contributed by atoms with E-state index >= 15 is 0 Å². The molecule has 6 heteroatoms. The zero-order valence-corrected chi connectivity index (χ0v) is 19.2. The van der Waals surface area contributed by atoms with Crippen LogP contribution in [0.4, 0.5) is 5.82 Å². The van der Waals surface area contributed by atoms with Crippen molar-refractivity contribution in [2.45, 2.75) is 70.3 Å². The highest BCUT2D eigenvalue weighted by molar-refractivity contribution is 6.74. The molecule has 3 atom stereocenters. The lowest BCUT2D eigenvalue weighted by atomic mass is 9.80. The number of rotatable bonds is 4. The van der Waals surface area contributed by atoms with Crippen LogP contribution in [0.15, 0.2) is 54.3 Å². The highest BCUT2D eigenvalue weighted by Crippen LogP contribution is 2.47. The Morgan fingerprint density at radius 3 is 2.41 bits per heavy atom. The lowest BCUT2D eigenvalue weighted by molar-refractivity contribution is -0.0252. The van der Waals surface area contributed by atoms with Crippen LogP contribution < -0.4 is 5.06 Å². The van der Waals surface area contributed by atoms with Crippen LogP contribution in [0.5, 0.6) is 0 Å². The van der Waals surface area contributed by atoms with Gasteiger partial charge in [0.25, 0.3) is 0 Å². The molecule has 1 aliphatic carbocycles. The van der Waals surface area contributed by atoms with Crippen LogP contribution in [-0.2, 0) is 9.26 Å². The van der Waals surface area contributed by atoms with Gasteiger partial charge < -0.3 is 4.43 Å². The highest BCUT2D eigenvalue weighted by Gasteiger charge is 2.49. The fraction of sp³-hybridized carbons (Fsp3) is 0.478. The molecule has 2 aliphatic heterocycles. The molecule has 0 spiro atoms. The summed E-state index contributed by atoms with van der Waals surface area (Å²) >= 11 is 0. The fourth-order valence-electron chi connectivity index (χ4n) is 3.76. The van der Waals surface area contributed by atoms with Crippen LogP contribution in [0, 0.1) is 6.92 Å². The smallest absolute Gasteiger partial charge is 0.250 e. The number of hydrogen-bond donors (Lipinski definition) is 0. The number of benzene rings is 1. The predicted octanol–water partition coefficient (Wildman–Crippen LogP) is 5.37. The monoisotopic (exact) mass is 409 g/mol. The third kappa shape index (κ3) is 3.83. The van der Waals surface area contributed by atoms with Crippen LogP contribution in [0.1, 0.15) is 44.4 Å². The summed E-state index contributed by atoms with van der Waals surface area (Å²) in [6.45, 7) is 13.4. The minimum Gasteiger partial charge on any atom is -0.545 e. The van der Waals surface area contributed by atoms with Crippen molar-refractivity contribution in [3.05, 3.63) is 65.6 Å². The van der Waals surface area contributed by atoms with Crippen LogP contribution in [0.25, 0.3) is 0 Å². The molecule has 2 aromatic rings. The van der Waals surface area contributed by atoms with Gasteiger partial charge in [0.05, 0.1) is 5.69 Å². The van der Waals surface area contributed by atoms with Gasteiger partial charge in [0, 0.05) is 5.92 Å². The summed E-state index contributed by atoms with van der Waals surface area (Å²) in [5.74, 6) is 2.04. The second-order valence-corrected chi connectivity index (χ2v) is 14.4. The summed E-state index contributed by atoms with van der Waals surface area (Å²) in [6, 6.07) is 14.6. The van der Waals surface area contributed by atoms with Crippen LogP contribution in [0.3, 0.4) is 0 Å². The molecule has 3 aliphatic rings. The SMILES string of the molecule is Cc1ccc(N2OC3C=C(O[Si](C)(C)C(C)(C)C)C2C(c2ccccc2)C3)nn1. The Kier molecular flexibility index (Phi) is 5.03. The number of fused-ring (bicyclic) bond motifs is 2. The predicted molar refractivity (Wildman–Crippen MR) is 118 cm³/mol. The third-order valence-electron chi connectivity index (χ3n) is 6.43. The molecule has 1 aromatic heterocycles. The summed E-state index contributed by atoms with van der Waals surface area (Å²) in [6.07, 6.45) is 3.09. The largest absolute Gasteiger partial charge is 0.545 e. The quantitative estimate of drug-likeness (QED) is 0.636. The Hall–Kier alpha value is -2.18. The minimum atomic E-state index is -1.99. The van der Waals surface area contributed by atoms with Gasteiger partial charge in [-0.1, -0.05) is 51.1 Å². The van der Waals surface area contributed by atoms with E-state index in [-0.39, 0.29) is 23.1 Å². The molecule has 1 aromatic carbocycles. The van der Waals surface area contributed by atoms with Crippen molar-refractivity contribution >= 4 is 14.1 Å². The Balaban J connectivity index is 1.74. The zero-order valence-electron chi connectivity index (χ0n) is 18.2. The molecule has 29 heavy (non-hydrogen) atoms. The maximum atomic E-state index is 6.83. The third-order valence-corrected chi connectivity index (χ3v) is 10.8. The summed E-state index contributed by atoms with van der Waals surface area (Å²) in [7, 11) is -1.99. The summed E-state index contributed by atoms with van der Waals surface area (Å²) < 4.78 is 6.83. The van der Waals surface area contributed by atoms with Crippen molar-refractivity contribution in [3.63, 3.8) is 0 Å². The van der Waals surface area contributed by atoms with Crippen molar-refractivity contribution < 1.29 is 9.26 Å². The van der Waals surface area contributed by atoms with Crippen LogP contribution in [0.2, 0.25) is 18.1 Å². The number of hydrogen-bond acceptors (Lipinski definition) is 5. The molecule has 3 heterocycles. The van der Waals surface area contributed by atoms with Gasteiger partial charge in [0.1, 0.15) is 17.9 Å². The van der Waals surface area contributed by atoms with Crippen LogP contribution >= 0.6 is 0 Å². The normalized spacial score (nSPS) is 24.4. The molecule has 0 N–H and O–H groups in total. The maximum Gasteiger partial charge on any atom is 0.250 e. The lowest BCUT2D eigenvalue weighted by Gasteiger charge is -2.50. The average Bonchev–Trinajstić information content (AvgIpc) is 2.68. The van der Waals surface area contributed by atoms with E-state index in [0.717, 1.165) is 23.7 Å². The van der Waals surface area contributed by atoms with E-state index in [0.29, 0.717) is 0 Å². The summed E-state index contributed by atoms with van der Waals surface area (Å²) in [5.41, 5.74) is 2.20. The number of hydroxylamine groups is 1.